The summed E-state index contributed by atoms with van der Waals surface area (Å²) in [7, 11) is 0. The van der Waals surface area contributed by atoms with Crippen LogP contribution in [0.5, 0.6) is 0 Å². The zero-order valence-electron chi connectivity index (χ0n) is 14.8. The van der Waals surface area contributed by atoms with Gasteiger partial charge in [-0.25, -0.2) is 0 Å². The fraction of sp³-hybridized carbons (Fsp3) is 0.273. The maximum atomic E-state index is 11.0. The highest BCUT2D eigenvalue weighted by atomic mass is 16.1. The summed E-state index contributed by atoms with van der Waals surface area (Å²) in [5.41, 5.74) is 6.45. The maximum absolute atomic E-state index is 11.0. The third-order valence-corrected chi connectivity index (χ3v) is 3.89. The molecular weight excluding hydrogens is 294 g/mol. The number of benzene rings is 2. The van der Waals surface area contributed by atoms with Crippen molar-refractivity contribution in [2.24, 2.45) is 4.99 Å². The summed E-state index contributed by atoms with van der Waals surface area (Å²) in [6.07, 6.45) is 4.75. The molecule has 0 atom stereocenters. The number of hydrogen-bond acceptors (Lipinski definition) is 2. The van der Waals surface area contributed by atoms with Gasteiger partial charge in [0.05, 0.1) is 5.71 Å². The van der Waals surface area contributed by atoms with E-state index in [4.69, 9.17) is 4.99 Å². The summed E-state index contributed by atoms with van der Waals surface area (Å²) in [6.45, 7) is 6.73. The van der Waals surface area contributed by atoms with E-state index in [1.807, 2.05) is 25.1 Å². The largest absolute Gasteiger partial charge is 0.298 e. The molecule has 0 bridgehead atoms. The summed E-state index contributed by atoms with van der Waals surface area (Å²) < 4.78 is 0. The molecule has 0 spiro atoms. The Labute approximate surface area is 145 Å². The lowest BCUT2D eigenvalue weighted by molar-refractivity contribution is -0.104. The summed E-state index contributed by atoms with van der Waals surface area (Å²) in [5.74, 6) is 0. The van der Waals surface area contributed by atoms with Gasteiger partial charge in [-0.3, -0.25) is 9.79 Å². The quantitative estimate of drug-likeness (QED) is 0.310. The number of nitrogens with zero attached hydrogens (tertiary/aromatic N) is 1. The van der Waals surface area contributed by atoms with Crippen molar-refractivity contribution in [1.82, 2.24) is 0 Å². The highest BCUT2D eigenvalue weighted by molar-refractivity contribution is 6.10. The molecule has 2 aromatic rings. The molecule has 2 nitrogen and oxygen atoms in total. The number of carbonyl (C=O) groups is 1. The molecule has 2 heteroatoms. The van der Waals surface area contributed by atoms with Crippen LogP contribution in [0.4, 0.5) is 0 Å². The van der Waals surface area contributed by atoms with E-state index in [9.17, 15) is 4.79 Å². The smallest absolute Gasteiger partial charge is 0.145 e. The molecule has 0 fully saturated rings. The SMILES string of the molecule is C/C(C=O)=C\C(=NCCCc1ccc(C)cc1)c1cccc(C)c1. The van der Waals surface area contributed by atoms with Crippen molar-refractivity contribution >= 4 is 12.0 Å². The van der Waals surface area contributed by atoms with Crippen LogP contribution in [0.25, 0.3) is 0 Å². The first-order valence-corrected chi connectivity index (χ1v) is 8.39. The second kappa shape index (κ2) is 8.97. The van der Waals surface area contributed by atoms with Gasteiger partial charge in [-0.2, -0.15) is 0 Å². The van der Waals surface area contributed by atoms with Crippen molar-refractivity contribution < 1.29 is 4.79 Å². The van der Waals surface area contributed by atoms with Crippen molar-refractivity contribution in [3.05, 3.63) is 82.4 Å². The van der Waals surface area contributed by atoms with Crippen LogP contribution in [-0.2, 0) is 11.2 Å². The molecule has 0 aromatic heterocycles. The van der Waals surface area contributed by atoms with E-state index in [0.29, 0.717) is 5.57 Å². The van der Waals surface area contributed by atoms with Gasteiger partial charge in [0.25, 0.3) is 0 Å². The normalized spacial score (nSPS) is 12.3. The van der Waals surface area contributed by atoms with Gasteiger partial charge >= 0.3 is 0 Å². The molecule has 0 unspecified atom stereocenters. The number of rotatable bonds is 7. The Hall–Kier alpha value is -2.48. The molecule has 124 valence electrons. The van der Waals surface area contributed by atoms with E-state index < -0.39 is 0 Å². The zero-order chi connectivity index (χ0) is 17.4. The molecule has 0 aliphatic carbocycles. The Morgan fingerprint density at radius 2 is 1.79 bits per heavy atom. The molecule has 0 amide bonds. The number of aldehydes is 1. The van der Waals surface area contributed by atoms with Crippen molar-refractivity contribution in [3.63, 3.8) is 0 Å². The zero-order valence-corrected chi connectivity index (χ0v) is 14.8. The minimum absolute atomic E-state index is 0.689. The fourth-order valence-corrected chi connectivity index (χ4v) is 2.51. The molecule has 2 rings (SSSR count). The predicted molar refractivity (Wildman–Crippen MR) is 102 cm³/mol. The average molecular weight is 319 g/mol. The topological polar surface area (TPSA) is 29.4 Å². The Kier molecular flexibility index (Phi) is 6.68. The van der Waals surface area contributed by atoms with E-state index in [1.165, 1.54) is 16.7 Å². The molecule has 0 radical (unpaired) electrons. The van der Waals surface area contributed by atoms with Gasteiger partial charge in [-0.05, 0) is 62.5 Å². The van der Waals surface area contributed by atoms with E-state index in [2.05, 4.69) is 50.2 Å². The Morgan fingerprint density at radius 3 is 2.46 bits per heavy atom. The molecule has 0 heterocycles. The number of aryl methyl sites for hydroxylation is 3. The Bertz CT molecular complexity index is 739. The van der Waals surface area contributed by atoms with Crippen molar-refractivity contribution in [1.29, 1.82) is 0 Å². The van der Waals surface area contributed by atoms with E-state index in [0.717, 1.165) is 36.9 Å². The van der Waals surface area contributed by atoms with Gasteiger partial charge in [0.15, 0.2) is 0 Å². The first-order valence-electron chi connectivity index (χ1n) is 8.39. The lowest BCUT2D eigenvalue weighted by Crippen LogP contribution is -2.01. The molecule has 0 N–H and O–H groups in total. The summed E-state index contributed by atoms with van der Waals surface area (Å²) >= 11 is 0. The third-order valence-electron chi connectivity index (χ3n) is 3.89. The van der Waals surface area contributed by atoms with Crippen molar-refractivity contribution in [3.8, 4) is 0 Å². The van der Waals surface area contributed by atoms with Crippen LogP contribution in [0, 0.1) is 13.8 Å². The number of carbonyl (C=O) groups excluding carboxylic acids is 1. The molecule has 0 aliphatic heterocycles. The lowest BCUT2D eigenvalue weighted by Gasteiger charge is -2.05. The summed E-state index contributed by atoms with van der Waals surface area (Å²) in [6, 6.07) is 16.9. The first kappa shape index (κ1) is 17.9. The van der Waals surface area contributed by atoms with Gasteiger partial charge in [-0.1, -0.05) is 53.6 Å². The van der Waals surface area contributed by atoms with Gasteiger partial charge in [0.1, 0.15) is 6.29 Å². The summed E-state index contributed by atoms with van der Waals surface area (Å²) in [4.78, 5) is 15.7. The Balaban J connectivity index is 2.07. The van der Waals surface area contributed by atoms with Crippen molar-refractivity contribution in [2.75, 3.05) is 6.54 Å². The monoisotopic (exact) mass is 319 g/mol. The van der Waals surface area contributed by atoms with Crippen LogP contribution < -0.4 is 0 Å². The predicted octanol–water partition coefficient (Wildman–Crippen LogP) is 4.87. The van der Waals surface area contributed by atoms with E-state index in [1.54, 1.807) is 0 Å². The molecule has 0 saturated carbocycles. The van der Waals surface area contributed by atoms with Gasteiger partial charge in [0.2, 0.25) is 0 Å². The van der Waals surface area contributed by atoms with Crippen LogP contribution >= 0.6 is 0 Å². The standard InChI is InChI=1S/C22H25NO/c1-17-9-11-20(12-10-17)7-5-13-23-22(15-19(3)16-24)21-8-4-6-18(2)14-21/h4,6,8-12,14-16H,5,7,13H2,1-3H3/b19-15+,23-22?. The van der Waals surface area contributed by atoms with Crippen LogP contribution in [0.3, 0.4) is 0 Å². The van der Waals surface area contributed by atoms with Crippen LogP contribution in [0.15, 0.2) is 65.2 Å². The number of aliphatic imine (C=N–C) groups is 1. The fourth-order valence-electron chi connectivity index (χ4n) is 2.51. The first-order chi connectivity index (χ1) is 11.6. The summed E-state index contributed by atoms with van der Waals surface area (Å²) in [5, 5.41) is 0. The lowest BCUT2D eigenvalue weighted by atomic mass is 10.0. The molecular formula is C22H25NO. The third kappa shape index (κ3) is 5.62. The second-order valence-electron chi connectivity index (χ2n) is 6.23. The second-order valence-corrected chi connectivity index (χ2v) is 6.23. The van der Waals surface area contributed by atoms with Crippen LogP contribution in [0.1, 0.15) is 35.6 Å². The van der Waals surface area contributed by atoms with Crippen LogP contribution in [-0.4, -0.2) is 18.5 Å². The molecule has 2 aromatic carbocycles. The van der Waals surface area contributed by atoms with E-state index in [-0.39, 0.29) is 0 Å². The highest BCUT2D eigenvalue weighted by Gasteiger charge is 2.02. The number of allylic oxidation sites excluding steroid dienone is 2. The van der Waals surface area contributed by atoms with Gasteiger partial charge < -0.3 is 0 Å². The molecule has 0 aliphatic rings. The van der Waals surface area contributed by atoms with Crippen LogP contribution in [0.2, 0.25) is 0 Å². The Morgan fingerprint density at radius 1 is 1.04 bits per heavy atom. The maximum Gasteiger partial charge on any atom is 0.145 e. The van der Waals surface area contributed by atoms with Gasteiger partial charge in [-0.15, -0.1) is 0 Å². The highest BCUT2D eigenvalue weighted by Crippen LogP contribution is 2.10. The number of hydrogen-bond donors (Lipinski definition) is 0. The van der Waals surface area contributed by atoms with Gasteiger partial charge in [0, 0.05) is 6.54 Å². The molecule has 24 heavy (non-hydrogen) atoms. The van der Waals surface area contributed by atoms with E-state index >= 15 is 0 Å². The van der Waals surface area contributed by atoms with Crippen molar-refractivity contribution in [2.45, 2.75) is 33.6 Å². The minimum atomic E-state index is 0.689. The molecule has 0 saturated heterocycles. The minimum Gasteiger partial charge on any atom is -0.298 e. The average Bonchev–Trinajstić information content (AvgIpc) is 2.59.